The van der Waals surface area contributed by atoms with E-state index >= 15 is 0 Å². The maximum Gasteiger partial charge on any atom is 0.0361 e. The third kappa shape index (κ3) is 4.09. The molecule has 2 unspecified atom stereocenters. The van der Waals surface area contributed by atoms with E-state index in [-0.39, 0.29) is 0 Å². The lowest BCUT2D eigenvalue weighted by molar-refractivity contribution is 0.284. The van der Waals surface area contributed by atoms with Gasteiger partial charge < -0.3 is 10.6 Å². The number of benzene rings is 1. The van der Waals surface area contributed by atoms with Gasteiger partial charge in [-0.05, 0) is 50.2 Å². The minimum Gasteiger partial charge on any atom is -0.319 e. The first kappa shape index (κ1) is 14.7. The monoisotopic (exact) mass is 298 g/mol. The van der Waals surface area contributed by atoms with E-state index in [1.54, 1.807) is 0 Å². The average molecular weight is 299 g/mol. The lowest BCUT2D eigenvalue weighted by Gasteiger charge is -2.30. The number of nitrogens with one attached hydrogen (secondary N) is 2. The van der Waals surface area contributed by atoms with Crippen LogP contribution in [0.3, 0.4) is 0 Å². The summed E-state index contributed by atoms with van der Waals surface area (Å²) in [5.41, 5.74) is 1.34. The first-order valence-electron chi connectivity index (χ1n) is 6.17. The zero-order valence-electron chi connectivity index (χ0n) is 11.1. The van der Waals surface area contributed by atoms with Gasteiger partial charge in [0, 0.05) is 10.5 Å². The normalized spacial score (nSPS) is 14.9. The van der Waals surface area contributed by atoms with Crippen molar-refractivity contribution in [3.8, 4) is 0 Å². The van der Waals surface area contributed by atoms with Crippen LogP contribution in [0.15, 0.2) is 28.7 Å². The van der Waals surface area contributed by atoms with Gasteiger partial charge in [0.05, 0.1) is 0 Å². The van der Waals surface area contributed by atoms with E-state index in [9.17, 15) is 0 Å². The fourth-order valence-corrected chi connectivity index (χ4v) is 2.72. The average Bonchev–Trinajstić information content (AvgIpc) is 2.29. The van der Waals surface area contributed by atoms with Crippen molar-refractivity contribution in [2.45, 2.75) is 19.9 Å². The molecule has 0 aliphatic carbocycles. The van der Waals surface area contributed by atoms with Crippen LogP contribution in [0.5, 0.6) is 0 Å². The lowest BCUT2D eigenvalue weighted by atomic mass is 9.84. The van der Waals surface area contributed by atoms with E-state index in [1.807, 2.05) is 14.1 Å². The summed E-state index contributed by atoms with van der Waals surface area (Å²) in [6.45, 7) is 5.59. The highest BCUT2D eigenvalue weighted by atomic mass is 79.9. The van der Waals surface area contributed by atoms with Crippen molar-refractivity contribution in [3.05, 3.63) is 34.3 Å². The predicted octanol–water partition coefficient (Wildman–Crippen LogP) is 3.20. The van der Waals surface area contributed by atoms with Crippen LogP contribution in [0.1, 0.15) is 25.5 Å². The second-order valence-electron chi connectivity index (χ2n) is 4.79. The van der Waals surface area contributed by atoms with Crippen LogP contribution >= 0.6 is 15.9 Å². The highest BCUT2D eigenvalue weighted by Crippen LogP contribution is 2.28. The smallest absolute Gasteiger partial charge is 0.0361 e. The molecule has 2 atom stereocenters. The van der Waals surface area contributed by atoms with Crippen LogP contribution in [-0.4, -0.2) is 20.6 Å². The van der Waals surface area contributed by atoms with Gasteiger partial charge in [-0.3, -0.25) is 0 Å². The fourth-order valence-electron chi connectivity index (χ4n) is 2.30. The summed E-state index contributed by atoms with van der Waals surface area (Å²) in [5.74, 6) is 1.22. The molecular formula is C14H23BrN2. The summed E-state index contributed by atoms with van der Waals surface area (Å²) in [4.78, 5) is 0. The zero-order chi connectivity index (χ0) is 12.8. The third-order valence-electron chi connectivity index (χ3n) is 3.24. The van der Waals surface area contributed by atoms with Gasteiger partial charge in [0.2, 0.25) is 0 Å². The van der Waals surface area contributed by atoms with Crippen LogP contribution < -0.4 is 10.6 Å². The fraction of sp³-hybridized carbons (Fsp3) is 0.571. The molecule has 96 valence electrons. The highest BCUT2D eigenvalue weighted by Gasteiger charge is 2.24. The molecule has 0 amide bonds. The SMILES string of the molecule is CNCC(C(C)C)C(NC)c1cccc(Br)c1. The maximum absolute atomic E-state index is 3.54. The summed E-state index contributed by atoms with van der Waals surface area (Å²) in [5, 5.41) is 6.75. The molecule has 2 nitrogen and oxygen atoms in total. The Bertz CT molecular complexity index is 339. The topological polar surface area (TPSA) is 24.1 Å². The Hall–Kier alpha value is -0.380. The van der Waals surface area contributed by atoms with Crippen LogP contribution in [-0.2, 0) is 0 Å². The van der Waals surface area contributed by atoms with Crippen molar-refractivity contribution in [2.24, 2.45) is 11.8 Å². The first-order chi connectivity index (χ1) is 8.10. The summed E-state index contributed by atoms with van der Waals surface area (Å²) < 4.78 is 1.14. The first-order valence-corrected chi connectivity index (χ1v) is 6.96. The van der Waals surface area contributed by atoms with Gasteiger partial charge in [-0.1, -0.05) is 41.9 Å². The Labute approximate surface area is 113 Å². The predicted molar refractivity (Wildman–Crippen MR) is 78.2 cm³/mol. The molecule has 0 saturated carbocycles. The van der Waals surface area contributed by atoms with Crippen molar-refractivity contribution in [1.29, 1.82) is 0 Å². The van der Waals surface area contributed by atoms with E-state index in [4.69, 9.17) is 0 Å². The number of hydrogen-bond donors (Lipinski definition) is 2. The van der Waals surface area contributed by atoms with Crippen LogP contribution in [0, 0.1) is 11.8 Å². The minimum atomic E-state index is 0.389. The summed E-state index contributed by atoms with van der Waals surface area (Å²) >= 11 is 3.54. The quantitative estimate of drug-likeness (QED) is 0.843. The Balaban J connectivity index is 2.95. The van der Waals surface area contributed by atoms with Gasteiger partial charge in [-0.2, -0.15) is 0 Å². The number of rotatable bonds is 6. The third-order valence-corrected chi connectivity index (χ3v) is 3.74. The molecule has 1 aromatic carbocycles. The van der Waals surface area contributed by atoms with Crippen molar-refractivity contribution < 1.29 is 0 Å². The van der Waals surface area contributed by atoms with E-state index in [0.29, 0.717) is 17.9 Å². The van der Waals surface area contributed by atoms with Crippen molar-refractivity contribution >= 4 is 15.9 Å². The molecule has 2 N–H and O–H groups in total. The van der Waals surface area contributed by atoms with Gasteiger partial charge in [0.25, 0.3) is 0 Å². The Morgan fingerprint density at radius 3 is 2.41 bits per heavy atom. The van der Waals surface area contributed by atoms with Gasteiger partial charge in [0.1, 0.15) is 0 Å². The van der Waals surface area contributed by atoms with E-state index in [1.165, 1.54) is 5.56 Å². The van der Waals surface area contributed by atoms with Gasteiger partial charge in [-0.15, -0.1) is 0 Å². The molecule has 1 aromatic rings. The van der Waals surface area contributed by atoms with Gasteiger partial charge in [-0.25, -0.2) is 0 Å². The summed E-state index contributed by atoms with van der Waals surface area (Å²) in [6.07, 6.45) is 0. The number of halogens is 1. The van der Waals surface area contributed by atoms with Crippen molar-refractivity contribution in [2.75, 3.05) is 20.6 Å². The second kappa shape index (κ2) is 7.14. The molecule has 3 heteroatoms. The molecule has 0 heterocycles. The van der Waals surface area contributed by atoms with E-state index in [2.05, 4.69) is 64.7 Å². The molecule has 0 fully saturated rings. The molecule has 0 radical (unpaired) electrons. The Morgan fingerprint density at radius 1 is 1.24 bits per heavy atom. The summed E-state index contributed by atoms with van der Waals surface area (Å²) in [6, 6.07) is 8.95. The molecular weight excluding hydrogens is 276 g/mol. The molecule has 1 rings (SSSR count). The van der Waals surface area contributed by atoms with Crippen molar-refractivity contribution in [1.82, 2.24) is 10.6 Å². The zero-order valence-corrected chi connectivity index (χ0v) is 12.7. The lowest BCUT2D eigenvalue weighted by Crippen LogP contribution is -2.35. The highest BCUT2D eigenvalue weighted by molar-refractivity contribution is 9.10. The molecule has 0 spiro atoms. The van der Waals surface area contributed by atoms with Gasteiger partial charge >= 0.3 is 0 Å². The standard InChI is InChI=1S/C14H23BrN2/c1-10(2)13(9-16-3)14(17-4)11-6-5-7-12(15)8-11/h5-8,10,13-14,16-17H,9H2,1-4H3. The van der Waals surface area contributed by atoms with Crippen LogP contribution in [0.4, 0.5) is 0 Å². The molecule has 0 aliphatic rings. The largest absolute Gasteiger partial charge is 0.319 e. The van der Waals surface area contributed by atoms with E-state index in [0.717, 1.165) is 11.0 Å². The molecule has 0 aliphatic heterocycles. The maximum atomic E-state index is 3.54. The molecule has 17 heavy (non-hydrogen) atoms. The Morgan fingerprint density at radius 2 is 1.94 bits per heavy atom. The minimum absolute atomic E-state index is 0.389. The molecule has 0 aromatic heterocycles. The van der Waals surface area contributed by atoms with Gasteiger partial charge in [0.15, 0.2) is 0 Å². The van der Waals surface area contributed by atoms with Crippen LogP contribution in [0.2, 0.25) is 0 Å². The molecule has 0 saturated heterocycles. The Kier molecular flexibility index (Phi) is 6.17. The van der Waals surface area contributed by atoms with E-state index < -0.39 is 0 Å². The summed E-state index contributed by atoms with van der Waals surface area (Å²) in [7, 11) is 4.06. The van der Waals surface area contributed by atoms with Crippen LogP contribution in [0.25, 0.3) is 0 Å². The molecule has 0 bridgehead atoms. The van der Waals surface area contributed by atoms with Crippen molar-refractivity contribution in [3.63, 3.8) is 0 Å². The second-order valence-corrected chi connectivity index (χ2v) is 5.70. The number of hydrogen-bond acceptors (Lipinski definition) is 2.